The molecule has 1 atom stereocenters. The zero-order valence-corrected chi connectivity index (χ0v) is 16.0. The van der Waals surface area contributed by atoms with Gasteiger partial charge in [0.15, 0.2) is 5.65 Å². The summed E-state index contributed by atoms with van der Waals surface area (Å²) in [6.45, 7) is 6.14. The molecule has 1 unspecified atom stereocenters. The summed E-state index contributed by atoms with van der Waals surface area (Å²) < 4.78 is 15.0. The number of hydrogen-bond donors (Lipinski definition) is 2. The standard InChI is InChI=1S/C19H20ClFN4O2/c1-10(2)11(3)23-17-14(8-12-5-4-6-13(21)7-12)16(20)24-18-15(19(26)27)9-22-25(17)18/h4-7,9-11,23H,8H2,1-3H3,(H,26,27). The number of nitrogens with zero attached hydrogens (tertiary/aromatic N) is 3. The first-order chi connectivity index (χ1) is 12.8. The molecule has 27 heavy (non-hydrogen) atoms. The Morgan fingerprint density at radius 3 is 2.74 bits per heavy atom. The molecule has 0 radical (unpaired) electrons. The van der Waals surface area contributed by atoms with E-state index in [4.69, 9.17) is 11.6 Å². The van der Waals surface area contributed by atoms with E-state index in [0.29, 0.717) is 23.7 Å². The van der Waals surface area contributed by atoms with E-state index in [0.717, 1.165) is 5.56 Å². The second-order valence-electron chi connectivity index (χ2n) is 6.81. The zero-order valence-electron chi connectivity index (χ0n) is 15.2. The van der Waals surface area contributed by atoms with Gasteiger partial charge in [-0.3, -0.25) is 0 Å². The summed E-state index contributed by atoms with van der Waals surface area (Å²) >= 11 is 6.42. The maximum atomic E-state index is 13.6. The Balaban J connectivity index is 2.18. The lowest BCUT2D eigenvalue weighted by molar-refractivity contribution is 0.0698. The molecule has 0 amide bonds. The van der Waals surface area contributed by atoms with Crippen molar-refractivity contribution < 1.29 is 14.3 Å². The van der Waals surface area contributed by atoms with Crippen LogP contribution in [0.2, 0.25) is 5.15 Å². The molecular formula is C19H20ClFN4O2. The molecule has 8 heteroatoms. The van der Waals surface area contributed by atoms with Crippen molar-refractivity contribution in [3.63, 3.8) is 0 Å². The molecule has 0 aliphatic carbocycles. The normalized spacial score (nSPS) is 12.5. The number of nitrogens with one attached hydrogen (secondary N) is 1. The van der Waals surface area contributed by atoms with Crippen molar-refractivity contribution in [2.75, 3.05) is 5.32 Å². The van der Waals surface area contributed by atoms with Crippen molar-refractivity contribution in [1.82, 2.24) is 14.6 Å². The van der Waals surface area contributed by atoms with Crippen LogP contribution in [0.25, 0.3) is 5.65 Å². The van der Waals surface area contributed by atoms with Gasteiger partial charge in [-0.05, 0) is 30.5 Å². The number of anilines is 1. The van der Waals surface area contributed by atoms with Gasteiger partial charge in [0.1, 0.15) is 22.4 Å². The van der Waals surface area contributed by atoms with Crippen molar-refractivity contribution in [2.24, 2.45) is 5.92 Å². The molecule has 2 aromatic heterocycles. The highest BCUT2D eigenvalue weighted by molar-refractivity contribution is 6.30. The summed E-state index contributed by atoms with van der Waals surface area (Å²) in [5.74, 6) is -0.601. The topological polar surface area (TPSA) is 79.5 Å². The highest BCUT2D eigenvalue weighted by Crippen LogP contribution is 2.29. The van der Waals surface area contributed by atoms with Gasteiger partial charge in [0.25, 0.3) is 0 Å². The van der Waals surface area contributed by atoms with Gasteiger partial charge < -0.3 is 10.4 Å². The van der Waals surface area contributed by atoms with Crippen LogP contribution in [0, 0.1) is 11.7 Å². The number of aromatic nitrogens is 3. The van der Waals surface area contributed by atoms with E-state index in [2.05, 4.69) is 29.2 Å². The second-order valence-corrected chi connectivity index (χ2v) is 7.17. The predicted octanol–water partition coefficient (Wildman–Crippen LogP) is 4.27. The highest BCUT2D eigenvalue weighted by Gasteiger charge is 2.22. The first-order valence-electron chi connectivity index (χ1n) is 8.58. The predicted molar refractivity (Wildman–Crippen MR) is 102 cm³/mol. The number of carboxylic acids is 1. The molecule has 0 saturated carbocycles. The van der Waals surface area contributed by atoms with Crippen molar-refractivity contribution in [1.29, 1.82) is 0 Å². The minimum absolute atomic E-state index is 0.0329. The molecule has 0 fully saturated rings. The Bertz CT molecular complexity index is 1000. The Hall–Kier alpha value is -2.67. The number of carboxylic acid groups (broad SMARTS) is 1. The van der Waals surface area contributed by atoms with Gasteiger partial charge in [-0.1, -0.05) is 37.6 Å². The van der Waals surface area contributed by atoms with Gasteiger partial charge in [-0.25, -0.2) is 14.2 Å². The van der Waals surface area contributed by atoms with E-state index >= 15 is 0 Å². The number of rotatable bonds is 6. The van der Waals surface area contributed by atoms with E-state index in [1.165, 1.54) is 22.8 Å². The van der Waals surface area contributed by atoms with Gasteiger partial charge in [0.05, 0.1) is 6.20 Å². The Morgan fingerprint density at radius 1 is 1.37 bits per heavy atom. The quantitative estimate of drug-likeness (QED) is 0.614. The van der Waals surface area contributed by atoms with Gasteiger partial charge in [0.2, 0.25) is 0 Å². The minimum atomic E-state index is -1.13. The molecule has 0 bridgehead atoms. The lowest BCUT2D eigenvalue weighted by Crippen LogP contribution is -2.24. The Labute approximate surface area is 161 Å². The van der Waals surface area contributed by atoms with Crippen molar-refractivity contribution in [3.8, 4) is 0 Å². The van der Waals surface area contributed by atoms with Crippen LogP contribution >= 0.6 is 11.6 Å². The molecule has 0 aliphatic heterocycles. The number of halogens is 2. The minimum Gasteiger partial charge on any atom is -0.477 e. The fourth-order valence-electron chi connectivity index (χ4n) is 2.69. The third-order valence-electron chi connectivity index (χ3n) is 4.56. The van der Waals surface area contributed by atoms with Crippen LogP contribution in [-0.2, 0) is 6.42 Å². The van der Waals surface area contributed by atoms with E-state index in [1.807, 2.05) is 6.92 Å². The van der Waals surface area contributed by atoms with Crippen LogP contribution < -0.4 is 5.32 Å². The van der Waals surface area contributed by atoms with Crippen LogP contribution in [0.15, 0.2) is 30.5 Å². The summed E-state index contributed by atoms with van der Waals surface area (Å²) in [7, 11) is 0. The van der Waals surface area contributed by atoms with Crippen LogP contribution in [0.5, 0.6) is 0 Å². The number of carbonyl (C=O) groups is 1. The molecule has 0 spiro atoms. The number of hydrogen-bond acceptors (Lipinski definition) is 4. The molecule has 142 valence electrons. The number of benzene rings is 1. The first kappa shape index (κ1) is 19.1. The van der Waals surface area contributed by atoms with E-state index < -0.39 is 5.97 Å². The van der Waals surface area contributed by atoms with Gasteiger partial charge in [-0.2, -0.15) is 9.61 Å². The SMILES string of the molecule is CC(C)C(C)Nc1c(Cc2cccc(F)c2)c(Cl)nc2c(C(=O)O)cnn12. The molecule has 2 heterocycles. The zero-order chi connectivity index (χ0) is 19.7. The summed E-state index contributed by atoms with van der Waals surface area (Å²) in [4.78, 5) is 15.7. The van der Waals surface area contributed by atoms with E-state index in [9.17, 15) is 14.3 Å². The molecule has 3 rings (SSSR count). The highest BCUT2D eigenvalue weighted by atomic mass is 35.5. The number of fused-ring (bicyclic) bond motifs is 1. The molecular weight excluding hydrogens is 371 g/mol. The van der Waals surface area contributed by atoms with Gasteiger partial charge >= 0.3 is 5.97 Å². The van der Waals surface area contributed by atoms with Crippen LogP contribution in [0.3, 0.4) is 0 Å². The first-order valence-corrected chi connectivity index (χ1v) is 8.96. The average Bonchev–Trinajstić information content (AvgIpc) is 3.01. The third-order valence-corrected chi connectivity index (χ3v) is 4.87. The summed E-state index contributed by atoms with van der Waals surface area (Å²) in [5, 5.41) is 17.1. The Morgan fingerprint density at radius 2 is 2.11 bits per heavy atom. The maximum absolute atomic E-state index is 13.6. The maximum Gasteiger partial charge on any atom is 0.341 e. The fraction of sp³-hybridized carbons (Fsp3) is 0.316. The molecule has 0 aliphatic rings. The fourth-order valence-corrected chi connectivity index (χ4v) is 2.92. The summed E-state index contributed by atoms with van der Waals surface area (Å²) in [5.41, 5.74) is 1.48. The van der Waals surface area contributed by atoms with Crippen LogP contribution in [0.1, 0.15) is 42.3 Å². The largest absolute Gasteiger partial charge is 0.477 e. The average molecular weight is 391 g/mol. The van der Waals surface area contributed by atoms with Crippen molar-refractivity contribution in [2.45, 2.75) is 33.2 Å². The van der Waals surface area contributed by atoms with Crippen molar-refractivity contribution >= 4 is 29.0 Å². The van der Waals surface area contributed by atoms with Crippen LogP contribution in [-0.4, -0.2) is 31.7 Å². The van der Waals surface area contributed by atoms with Gasteiger partial charge in [-0.15, -0.1) is 0 Å². The summed E-state index contributed by atoms with van der Waals surface area (Å²) in [6.07, 6.45) is 1.58. The van der Waals surface area contributed by atoms with E-state index in [1.54, 1.807) is 12.1 Å². The van der Waals surface area contributed by atoms with Gasteiger partial charge in [0, 0.05) is 18.0 Å². The Kier molecular flexibility index (Phi) is 5.32. The third kappa shape index (κ3) is 3.88. The lowest BCUT2D eigenvalue weighted by atomic mass is 10.0. The van der Waals surface area contributed by atoms with Crippen molar-refractivity contribution in [3.05, 3.63) is 58.1 Å². The molecule has 0 saturated heterocycles. The summed E-state index contributed by atoms with van der Waals surface area (Å²) in [6, 6.07) is 6.30. The molecule has 3 aromatic rings. The monoisotopic (exact) mass is 390 g/mol. The lowest BCUT2D eigenvalue weighted by Gasteiger charge is -2.22. The smallest absolute Gasteiger partial charge is 0.341 e. The molecule has 6 nitrogen and oxygen atoms in total. The van der Waals surface area contributed by atoms with Crippen LogP contribution in [0.4, 0.5) is 10.2 Å². The molecule has 2 N–H and O–H groups in total. The molecule has 1 aromatic carbocycles. The second kappa shape index (κ2) is 7.52. The van der Waals surface area contributed by atoms with E-state index in [-0.39, 0.29) is 28.2 Å². The number of aromatic carboxylic acids is 1.